The Labute approximate surface area is 55.6 Å². The third-order valence-electron chi connectivity index (χ3n) is 0.939. The van der Waals surface area contributed by atoms with E-state index in [9.17, 15) is 0 Å². The molecule has 54 valence electrons. The average Bonchev–Trinajstić information content (AvgIpc) is 1.88. The predicted octanol–water partition coefficient (Wildman–Crippen LogP) is 1.05. The molecule has 0 atom stereocenters. The fourth-order valence-electron chi connectivity index (χ4n) is 0.489. The largest absolute Gasteiger partial charge is 0.399 e. The second-order valence-electron chi connectivity index (χ2n) is 1.63. The molecule has 3 nitrogen and oxygen atoms in total. The van der Waals surface area contributed by atoms with E-state index in [0.717, 1.165) is 12.1 Å². The summed E-state index contributed by atoms with van der Waals surface area (Å²) in [5.41, 5.74) is 0.931. The Bertz CT molecular complexity index is 91.1. The maximum Gasteiger partial charge on any atom is 0.106 e. The molecule has 0 radical (unpaired) electrons. The zero-order valence-electron chi connectivity index (χ0n) is 6.18. The highest BCUT2D eigenvalue weighted by Crippen LogP contribution is 1.86. The van der Waals surface area contributed by atoms with Gasteiger partial charge < -0.3 is 9.57 Å². The van der Waals surface area contributed by atoms with Crippen LogP contribution in [0.15, 0.2) is 5.16 Å². The second-order valence-corrected chi connectivity index (χ2v) is 1.63. The van der Waals surface area contributed by atoms with Gasteiger partial charge in [-0.2, -0.15) is 0 Å². The van der Waals surface area contributed by atoms with Crippen LogP contribution >= 0.6 is 0 Å². The maximum absolute atomic E-state index is 4.84. The summed E-state index contributed by atoms with van der Waals surface area (Å²) in [6, 6.07) is 0. The summed E-state index contributed by atoms with van der Waals surface area (Å²) in [4.78, 5) is 4.56. The van der Waals surface area contributed by atoms with Gasteiger partial charge in [0.25, 0.3) is 0 Å². The summed E-state index contributed by atoms with van der Waals surface area (Å²) in [7, 11) is 3.17. The van der Waals surface area contributed by atoms with Crippen molar-refractivity contribution in [3.05, 3.63) is 0 Å². The lowest BCUT2D eigenvalue weighted by molar-refractivity contribution is 0.199. The van der Waals surface area contributed by atoms with E-state index in [1.807, 2.05) is 6.92 Å². The molecule has 0 aliphatic heterocycles. The molecule has 0 saturated heterocycles. The Morgan fingerprint density at radius 2 is 2.11 bits per heavy atom. The summed E-state index contributed by atoms with van der Waals surface area (Å²) in [5, 5.41) is 3.72. The van der Waals surface area contributed by atoms with Crippen LogP contribution < -0.4 is 0 Å². The van der Waals surface area contributed by atoms with Crippen LogP contribution in [0.1, 0.15) is 13.3 Å². The van der Waals surface area contributed by atoms with Crippen molar-refractivity contribution in [3.63, 3.8) is 0 Å². The molecule has 0 unspecified atom stereocenters. The first-order valence-corrected chi connectivity index (χ1v) is 2.93. The van der Waals surface area contributed by atoms with E-state index in [2.05, 4.69) is 9.99 Å². The number of ether oxygens (including phenoxy) is 1. The number of hydrogen-bond donors (Lipinski definition) is 0. The normalized spacial score (nSPS) is 11.7. The van der Waals surface area contributed by atoms with E-state index in [0.29, 0.717) is 6.61 Å². The summed E-state index contributed by atoms with van der Waals surface area (Å²) < 4.78 is 4.84. The van der Waals surface area contributed by atoms with Gasteiger partial charge in [0.05, 0.1) is 12.3 Å². The van der Waals surface area contributed by atoms with Gasteiger partial charge in [-0.25, -0.2) is 0 Å². The van der Waals surface area contributed by atoms with Crippen molar-refractivity contribution in [2.75, 3.05) is 20.8 Å². The Hall–Kier alpha value is -0.570. The third kappa shape index (κ3) is 3.97. The third-order valence-corrected chi connectivity index (χ3v) is 0.939. The van der Waals surface area contributed by atoms with Crippen LogP contribution in [-0.2, 0) is 9.57 Å². The zero-order chi connectivity index (χ0) is 7.11. The van der Waals surface area contributed by atoms with Crippen molar-refractivity contribution in [1.29, 1.82) is 0 Å². The standard InChI is InChI=1S/C6H13NO2/c1-4-6(5-8-2)7-9-3/h4-5H2,1-3H3/b7-6-. The lowest BCUT2D eigenvalue weighted by Crippen LogP contribution is -2.05. The molecule has 0 aromatic heterocycles. The summed E-state index contributed by atoms with van der Waals surface area (Å²) >= 11 is 0. The van der Waals surface area contributed by atoms with E-state index in [4.69, 9.17) is 4.74 Å². The Morgan fingerprint density at radius 3 is 2.44 bits per heavy atom. The molecule has 0 rings (SSSR count). The van der Waals surface area contributed by atoms with Gasteiger partial charge in [-0.15, -0.1) is 0 Å². The highest BCUT2D eigenvalue weighted by Gasteiger charge is 1.92. The Balaban J connectivity index is 3.53. The van der Waals surface area contributed by atoms with Gasteiger partial charge in [0, 0.05) is 7.11 Å². The van der Waals surface area contributed by atoms with Crippen LogP contribution in [-0.4, -0.2) is 26.5 Å². The smallest absolute Gasteiger partial charge is 0.106 e. The number of oxime groups is 1. The summed E-state index contributed by atoms with van der Waals surface area (Å²) in [5.74, 6) is 0. The zero-order valence-corrected chi connectivity index (χ0v) is 6.18. The van der Waals surface area contributed by atoms with Crippen LogP contribution in [0.4, 0.5) is 0 Å². The minimum Gasteiger partial charge on any atom is -0.399 e. The molecule has 9 heavy (non-hydrogen) atoms. The molecule has 0 aromatic carbocycles. The first-order valence-electron chi connectivity index (χ1n) is 2.93. The molecule has 0 amide bonds. The Kier molecular flexibility index (Phi) is 5.21. The topological polar surface area (TPSA) is 30.8 Å². The molecular formula is C6H13NO2. The predicted molar refractivity (Wildman–Crippen MR) is 36.6 cm³/mol. The van der Waals surface area contributed by atoms with Crippen LogP contribution in [0.3, 0.4) is 0 Å². The second kappa shape index (κ2) is 5.56. The average molecular weight is 131 g/mol. The molecular weight excluding hydrogens is 118 g/mol. The minimum absolute atomic E-state index is 0.560. The van der Waals surface area contributed by atoms with Crippen molar-refractivity contribution in [2.24, 2.45) is 5.16 Å². The number of nitrogens with zero attached hydrogens (tertiary/aromatic N) is 1. The molecule has 0 N–H and O–H groups in total. The molecule has 0 fully saturated rings. The molecule has 0 aliphatic rings. The molecule has 0 aromatic rings. The van der Waals surface area contributed by atoms with Gasteiger partial charge in [0.2, 0.25) is 0 Å². The van der Waals surface area contributed by atoms with Gasteiger partial charge in [0.15, 0.2) is 0 Å². The fraction of sp³-hybridized carbons (Fsp3) is 0.833. The first kappa shape index (κ1) is 8.43. The van der Waals surface area contributed by atoms with Crippen LogP contribution in [0, 0.1) is 0 Å². The minimum atomic E-state index is 0.560. The first-order chi connectivity index (χ1) is 4.35. The van der Waals surface area contributed by atoms with Crippen LogP contribution in [0.2, 0.25) is 0 Å². The highest BCUT2D eigenvalue weighted by atomic mass is 16.6. The van der Waals surface area contributed by atoms with E-state index in [1.165, 1.54) is 7.11 Å². The van der Waals surface area contributed by atoms with E-state index in [1.54, 1.807) is 7.11 Å². The Morgan fingerprint density at radius 1 is 1.44 bits per heavy atom. The van der Waals surface area contributed by atoms with Crippen molar-refractivity contribution >= 4 is 5.71 Å². The quantitative estimate of drug-likeness (QED) is 0.421. The molecule has 0 spiro atoms. The molecule has 3 heteroatoms. The van der Waals surface area contributed by atoms with Gasteiger partial charge in [-0.05, 0) is 6.42 Å². The lowest BCUT2D eigenvalue weighted by atomic mass is 10.3. The summed E-state index contributed by atoms with van der Waals surface area (Å²) in [6.07, 6.45) is 0.877. The van der Waals surface area contributed by atoms with E-state index < -0.39 is 0 Å². The highest BCUT2D eigenvalue weighted by molar-refractivity contribution is 5.84. The fourth-order valence-corrected chi connectivity index (χ4v) is 0.489. The monoisotopic (exact) mass is 131 g/mol. The van der Waals surface area contributed by atoms with E-state index >= 15 is 0 Å². The number of methoxy groups -OCH3 is 1. The number of rotatable bonds is 4. The maximum atomic E-state index is 4.84. The van der Waals surface area contributed by atoms with Gasteiger partial charge in [0.1, 0.15) is 7.11 Å². The van der Waals surface area contributed by atoms with Crippen molar-refractivity contribution < 1.29 is 9.57 Å². The molecule has 0 saturated carbocycles. The van der Waals surface area contributed by atoms with Gasteiger partial charge in [-0.3, -0.25) is 0 Å². The van der Waals surface area contributed by atoms with E-state index in [-0.39, 0.29) is 0 Å². The molecule has 0 bridgehead atoms. The molecule has 0 heterocycles. The van der Waals surface area contributed by atoms with Gasteiger partial charge in [-0.1, -0.05) is 12.1 Å². The van der Waals surface area contributed by atoms with Crippen molar-refractivity contribution in [1.82, 2.24) is 0 Å². The van der Waals surface area contributed by atoms with Crippen molar-refractivity contribution in [3.8, 4) is 0 Å². The van der Waals surface area contributed by atoms with Crippen LogP contribution in [0.25, 0.3) is 0 Å². The number of hydrogen-bond acceptors (Lipinski definition) is 3. The lowest BCUT2D eigenvalue weighted by Gasteiger charge is -1.98. The van der Waals surface area contributed by atoms with Crippen molar-refractivity contribution in [2.45, 2.75) is 13.3 Å². The summed E-state index contributed by atoms with van der Waals surface area (Å²) in [6.45, 7) is 2.57. The SMILES string of the molecule is CC/C(COC)=N/OC. The van der Waals surface area contributed by atoms with Crippen LogP contribution in [0.5, 0.6) is 0 Å². The van der Waals surface area contributed by atoms with Gasteiger partial charge >= 0.3 is 0 Å². The molecule has 0 aliphatic carbocycles.